The smallest absolute Gasteiger partial charge is 0.274 e. The van der Waals surface area contributed by atoms with E-state index in [1.165, 1.54) is 19.3 Å². The van der Waals surface area contributed by atoms with E-state index in [-0.39, 0.29) is 5.91 Å². The fraction of sp³-hybridized carbons (Fsp3) is 0.643. The number of aromatic nitrogens is 2. The van der Waals surface area contributed by atoms with Crippen LogP contribution in [0.3, 0.4) is 0 Å². The van der Waals surface area contributed by atoms with Gasteiger partial charge in [-0.15, -0.1) is 10.2 Å². The highest BCUT2D eigenvalue weighted by Crippen LogP contribution is 2.36. The number of amides is 1. The van der Waals surface area contributed by atoms with Gasteiger partial charge in [-0.1, -0.05) is 12.8 Å². The van der Waals surface area contributed by atoms with Crippen molar-refractivity contribution in [2.24, 2.45) is 5.92 Å². The number of carbonyl (C=O) groups is 1. The Morgan fingerprint density at radius 1 is 1.26 bits per heavy atom. The first-order valence-electron chi connectivity index (χ1n) is 6.98. The molecular formula is C14H19N3O2. The van der Waals surface area contributed by atoms with Crippen LogP contribution < -0.4 is 4.74 Å². The SMILES string of the molecule is COc1ccc(C(=O)N2CCC3CCCCC32)nn1. The van der Waals surface area contributed by atoms with Gasteiger partial charge in [-0.2, -0.15) is 0 Å². The molecule has 19 heavy (non-hydrogen) atoms. The summed E-state index contributed by atoms with van der Waals surface area (Å²) in [5.74, 6) is 1.15. The average Bonchev–Trinajstić information content (AvgIpc) is 2.90. The van der Waals surface area contributed by atoms with Crippen LogP contribution >= 0.6 is 0 Å². The number of methoxy groups -OCH3 is 1. The highest BCUT2D eigenvalue weighted by Gasteiger charge is 2.38. The van der Waals surface area contributed by atoms with Gasteiger partial charge < -0.3 is 9.64 Å². The summed E-state index contributed by atoms with van der Waals surface area (Å²) in [7, 11) is 1.54. The Morgan fingerprint density at radius 2 is 2.11 bits per heavy atom. The molecular weight excluding hydrogens is 242 g/mol. The number of ether oxygens (including phenoxy) is 1. The van der Waals surface area contributed by atoms with Crippen LogP contribution in [0.15, 0.2) is 12.1 Å². The molecule has 5 heteroatoms. The van der Waals surface area contributed by atoms with Crippen LogP contribution in [0.1, 0.15) is 42.6 Å². The minimum atomic E-state index is 0.0181. The Bertz CT molecular complexity index is 460. The summed E-state index contributed by atoms with van der Waals surface area (Å²) < 4.78 is 4.96. The maximum absolute atomic E-state index is 12.5. The molecule has 0 aromatic carbocycles. The number of rotatable bonds is 2. The van der Waals surface area contributed by atoms with Crippen molar-refractivity contribution >= 4 is 5.91 Å². The molecule has 1 aliphatic heterocycles. The van der Waals surface area contributed by atoms with Crippen molar-refractivity contribution in [2.75, 3.05) is 13.7 Å². The lowest BCUT2D eigenvalue weighted by Crippen LogP contribution is -2.39. The molecule has 2 atom stereocenters. The minimum absolute atomic E-state index is 0.0181. The number of fused-ring (bicyclic) bond motifs is 1. The number of hydrogen-bond acceptors (Lipinski definition) is 4. The van der Waals surface area contributed by atoms with Gasteiger partial charge in [0.15, 0.2) is 5.69 Å². The topological polar surface area (TPSA) is 55.3 Å². The van der Waals surface area contributed by atoms with Gasteiger partial charge >= 0.3 is 0 Å². The largest absolute Gasteiger partial charge is 0.480 e. The Morgan fingerprint density at radius 3 is 2.84 bits per heavy atom. The molecule has 3 rings (SSSR count). The molecule has 1 aliphatic carbocycles. The second-order valence-corrected chi connectivity index (χ2v) is 5.36. The van der Waals surface area contributed by atoms with Crippen LogP contribution in [-0.4, -0.2) is 40.7 Å². The molecule has 0 N–H and O–H groups in total. The minimum Gasteiger partial charge on any atom is -0.480 e. The van der Waals surface area contributed by atoms with Crippen LogP contribution in [0.25, 0.3) is 0 Å². The maximum atomic E-state index is 12.5. The van der Waals surface area contributed by atoms with Gasteiger partial charge in [0.05, 0.1) is 7.11 Å². The number of hydrogen-bond donors (Lipinski definition) is 0. The summed E-state index contributed by atoms with van der Waals surface area (Å²) in [6.45, 7) is 0.863. The fourth-order valence-electron chi connectivity index (χ4n) is 3.35. The van der Waals surface area contributed by atoms with Crippen LogP contribution in [0.2, 0.25) is 0 Å². The summed E-state index contributed by atoms with van der Waals surface area (Å²) in [5, 5.41) is 7.84. The predicted molar refractivity (Wildman–Crippen MR) is 70.0 cm³/mol. The van der Waals surface area contributed by atoms with Gasteiger partial charge in [-0.3, -0.25) is 4.79 Å². The van der Waals surface area contributed by atoms with E-state index in [2.05, 4.69) is 10.2 Å². The van der Waals surface area contributed by atoms with Crippen molar-refractivity contribution in [3.63, 3.8) is 0 Å². The highest BCUT2D eigenvalue weighted by molar-refractivity contribution is 5.92. The van der Waals surface area contributed by atoms with E-state index in [0.717, 1.165) is 19.4 Å². The summed E-state index contributed by atoms with van der Waals surface area (Å²) in [6, 6.07) is 3.81. The van der Waals surface area contributed by atoms with Gasteiger partial charge in [-0.05, 0) is 31.2 Å². The highest BCUT2D eigenvalue weighted by atomic mass is 16.5. The second-order valence-electron chi connectivity index (χ2n) is 5.36. The molecule has 1 amide bonds. The molecule has 1 saturated carbocycles. The first-order chi connectivity index (χ1) is 9.29. The Labute approximate surface area is 113 Å². The van der Waals surface area contributed by atoms with E-state index < -0.39 is 0 Å². The van der Waals surface area contributed by atoms with E-state index in [1.54, 1.807) is 19.2 Å². The molecule has 0 radical (unpaired) electrons. The van der Waals surface area contributed by atoms with Gasteiger partial charge in [0.25, 0.3) is 5.91 Å². The van der Waals surface area contributed by atoms with E-state index in [9.17, 15) is 4.79 Å². The summed E-state index contributed by atoms with van der Waals surface area (Å²) >= 11 is 0. The zero-order valence-corrected chi connectivity index (χ0v) is 11.2. The first kappa shape index (κ1) is 12.4. The van der Waals surface area contributed by atoms with Crippen LogP contribution in [-0.2, 0) is 0 Å². The standard InChI is InChI=1S/C14H19N3O2/c1-19-13-7-6-11(15-16-13)14(18)17-9-8-10-4-2-3-5-12(10)17/h6-7,10,12H,2-5,8-9H2,1H3. The molecule has 0 bridgehead atoms. The lowest BCUT2D eigenvalue weighted by Gasteiger charge is -2.31. The molecule has 2 aliphatic rings. The third-order valence-electron chi connectivity index (χ3n) is 4.34. The number of nitrogens with zero attached hydrogens (tertiary/aromatic N) is 3. The van der Waals surface area contributed by atoms with E-state index in [0.29, 0.717) is 23.5 Å². The number of carbonyl (C=O) groups excluding carboxylic acids is 1. The molecule has 1 aromatic rings. The summed E-state index contributed by atoms with van der Waals surface area (Å²) in [5.41, 5.74) is 0.423. The second kappa shape index (κ2) is 5.15. The van der Waals surface area contributed by atoms with Crippen molar-refractivity contribution in [1.82, 2.24) is 15.1 Å². The van der Waals surface area contributed by atoms with Crippen molar-refractivity contribution in [3.8, 4) is 5.88 Å². The van der Waals surface area contributed by atoms with Gasteiger partial charge in [0, 0.05) is 18.7 Å². The fourth-order valence-corrected chi connectivity index (χ4v) is 3.35. The summed E-state index contributed by atoms with van der Waals surface area (Å²) in [6.07, 6.45) is 6.09. The molecule has 2 heterocycles. The zero-order chi connectivity index (χ0) is 13.2. The monoisotopic (exact) mass is 261 g/mol. The van der Waals surface area contributed by atoms with Gasteiger partial charge in [0.2, 0.25) is 5.88 Å². The lowest BCUT2D eigenvalue weighted by atomic mass is 9.85. The van der Waals surface area contributed by atoms with Crippen molar-refractivity contribution < 1.29 is 9.53 Å². The Hall–Kier alpha value is -1.65. The predicted octanol–water partition coefficient (Wildman–Crippen LogP) is 1.89. The van der Waals surface area contributed by atoms with Crippen molar-refractivity contribution in [1.29, 1.82) is 0 Å². The maximum Gasteiger partial charge on any atom is 0.274 e. The average molecular weight is 261 g/mol. The van der Waals surface area contributed by atoms with E-state index in [1.807, 2.05) is 4.90 Å². The summed E-state index contributed by atoms with van der Waals surface area (Å²) in [4.78, 5) is 14.5. The van der Waals surface area contributed by atoms with Crippen molar-refractivity contribution in [2.45, 2.75) is 38.1 Å². The van der Waals surface area contributed by atoms with Crippen LogP contribution in [0.5, 0.6) is 5.88 Å². The molecule has 2 unspecified atom stereocenters. The quantitative estimate of drug-likeness (QED) is 0.815. The van der Waals surface area contributed by atoms with E-state index >= 15 is 0 Å². The Balaban J connectivity index is 1.75. The van der Waals surface area contributed by atoms with Gasteiger partial charge in [0.1, 0.15) is 0 Å². The Kier molecular flexibility index (Phi) is 3.36. The van der Waals surface area contributed by atoms with E-state index in [4.69, 9.17) is 4.74 Å². The lowest BCUT2D eigenvalue weighted by molar-refractivity contribution is 0.0682. The number of likely N-dealkylation sites (tertiary alicyclic amines) is 1. The molecule has 1 aromatic heterocycles. The third kappa shape index (κ3) is 2.29. The first-order valence-corrected chi connectivity index (χ1v) is 6.98. The van der Waals surface area contributed by atoms with Crippen LogP contribution in [0, 0.1) is 5.92 Å². The third-order valence-corrected chi connectivity index (χ3v) is 4.34. The van der Waals surface area contributed by atoms with Gasteiger partial charge in [-0.25, -0.2) is 0 Å². The normalized spacial score (nSPS) is 26.1. The molecule has 102 valence electrons. The van der Waals surface area contributed by atoms with Crippen LogP contribution in [0.4, 0.5) is 0 Å². The molecule has 0 spiro atoms. The van der Waals surface area contributed by atoms with Crippen molar-refractivity contribution in [3.05, 3.63) is 17.8 Å². The zero-order valence-electron chi connectivity index (χ0n) is 11.2. The molecule has 2 fully saturated rings. The molecule has 1 saturated heterocycles. The molecule has 5 nitrogen and oxygen atoms in total.